The van der Waals surface area contributed by atoms with Gasteiger partial charge in [-0.1, -0.05) is 18.5 Å². The van der Waals surface area contributed by atoms with Crippen molar-refractivity contribution in [3.63, 3.8) is 0 Å². The second kappa shape index (κ2) is 5.58. The molecule has 2 fully saturated rings. The van der Waals surface area contributed by atoms with Gasteiger partial charge < -0.3 is 9.64 Å². The van der Waals surface area contributed by atoms with Crippen molar-refractivity contribution < 1.29 is 9.53 Å². The third kappa shape index (κ3) is 2.60. The maximum Gasteiger partial charge on any atom is 0.231 e. The first-order valence-electron chi connectivity index (χ1n) is 6.97. The molecule has 1 atom stereocenters. The zero-order chi connectivity index (χ0) is 14.1. The Bertz CT molecular complexity index is 517. The molecule has 3 heterocycles. The number of carbonyl (C=O) groups is 1. The van der Waals surface area contributed by atoms with Crippen LogP contribution in [-0.2, 0) is 9.53 Å². The predicted octanol–water partition coefficient (Wildman–Crippen LogP) is 1.94. The molecule has 2 aliphatic heterocycles. The fraction of sp³-hybridized carbons (Fsp3) is 0.571. The van der Waals surface area contributed by atoms with Crippen LogP contribution >= 0.6 is 11.6 Å². The van der Waals surface area contributed by atoms with Gasteiger partial charge in [-0.05, 0) is 18.6 Å². The Balaban J connectivity index is 1.88. The van der Waals surface area contributed by atoms with Crippen molar-refractivity contribution in [2.24, 2.45) is 5.92 Å². The van der Waals surface area contributed by atoms with Gasteiger partial charge in [0.05, 0.1) is 13.2 Å². The van der Waals surface area contributed by atoms with Crippen LogP contribution in [0.4, 0.5) is 11.6 Å². The highest BCUT2D eigenvalue weighted by atomic mass is 35.5. The summed E-state index contributed by atoms with van der Waals surface area (Å²) in [6, 6.07) is 3.61. The predicted molar refractivity (Wildman–Crippen MR) is 78.4 cm³/mol. The molecule has 1 aromatic heterocycles. The smallest absolute Gasteiger partial charge is 0.231 e. The summed E-state index contributed by atoms with van der Waals surface area (Å²) >= 11 is 6.20. The molecule has 0 aliphatic carbocycles. The number of halogens is 1. The van der Waals surface area contributed by atoms with Crippen molar-refractivity contribution in [1.29, 1.82) is 0 Å². The van der Waals surface area contributed by atoms with Crippen molar-refractivity contribution in [2.75, 3.05) is 42.6 Å². The Labute approximate surface area is 123 Å². The number of nitrogens with zero attached hydrogens (tertiary/aromatic N) is 3. The lowest BCUT2D eigenvalue weighted by atomic mass is 10.1. The number of anilines is 2. The summed E-state index contributed by atoms with van der Waals surface area (Å²) in [7, 11) is 0. The highest BCUT2D eigenvalue weighted by Gasteiger charge is 2.30. The number of amides is 1. The van der Waals surface area contributed by atoms with Gasteiger partial charge in [-0.15, -0.1) is 0 Å². The monoisotopic (exact) mass is 295 g/mol. The molecular formula is C14H18ClN3O2. The minimum Gasteiger partial charge on any atom is -0.378 e. The molecule has 2 saturated heterocycles. The van der Waals surface area contributed by atoms with Gasteiger partial charge in [-0.3, -0.25) is 9.69 Å². The summed E-state index contributed by atoms with van der Waals surface area (Å²) in [5.41, 5.74) is 0. The minimum absolute atomic E-state index is 0.0719. The second-order valence-electron chi connectivity index (χ2n) is 5.28. The number of morpholine rings is 1. The van der Waals surface area contributed by atoms with E-state index in [9.17, 15) is 4.79 Å². The maximum atomic E-state index is 12.1. The van der Waals surface area contributed by atoms with E-state index in [-0.39, 0.29) is 11.8 Å². The topological polar surface area (TPSA) is 45.7 Å². The quantitative estimate of drug-likeness (QED) is 0.836. The molecule has 0 radical (unpaired) electrons. The van der Waals surface area contributed by atoms with Crippen LogP contribution in [0.15, 0.2) is 12.1 Å². The van der Waals surface area contributed by atoms with Crippen molar-refractivity contribution >= 4 is 29.1 Å². The first-order valence-corrected chi connectivity index (χ1v) is 7.34. The van der Waals surface area contributed by atoms with Gasteiger partial charge in [0, 0.05) is 30.6 Å². The van der Waals surface area contributed by atoms with E-state index in [0.717, 1.165) is 31.9 Å². The molecule has 0 spiro atoms. The molecule has 1 amide bonds. The fourth-order valence-corrected chi connectivity index (χ4v) is 2.81. The van der Waals surface area contributed by atoms with Crippen LogP contribution in [0, 0.1) is 5.92 Å². The van der Waals surface area contributed by atoms with Gasteiger partial charge in [-0.25, -0.2) is 4.98 Å². The molecule has 1 aromatic rings. The lowest BCUT2D eigenvalue weighted by Crippen LogP contribution is -2.37. The van der Waals surface area contributed by atoms with Crippen molar-refractivity contribution in [3.8, 4) is 0 Å². The van der Waals surface area contributed by atoms with E-state index in [1.165, 1.54) is 0 Å². The highest BCUT2D eigenvalue weighted by molar-refractivity contribution is 6.31. The number of rotatable bonds is 2. The molecule has 6 heteroatoms. The van der Waals surface area contributed by atoms with Crippen LogP contribution in [0.3, 0.4) is 0 Å². The third-order valence-electron chi connectivity index (χ3n) is 3.85. The molecule has 3 rings (SSSR count). The summed E-state index contributed by atoms with van der Waals surface area (Å²) in [5.74, 6) is 1.69. The third-order valence-corrected chi connectivity index (χ3v) is 4.07. The summed E-state index contributed by atoms with van der Waals surface area (Å²) < 4.78 is 5.35. The van der Waals surface area contributed by atoms with Crippen molar-refractivity contribution in [2.45, 2.75) is 13.3 Å². The maximum absolute atomic E-state index is 12.1. The first kappa shape index (κ1) is 13.6. The van der Waals surface area contributed by atoms with E-state index < -0.39 is 0 Å². The molecule has 2 aliphatic rings. The Kier molecular flexibility index (Phi) is 3.81. The molecule has 0 bridgehead atoms. The van der Waals surface area contributed by atoms with E-state index in [1.807, 2.05) is 13.0 Å². The number of pyridine rings is 1. The molecule has 20 heavy (non-hydrogen) atoms. The van der Waals surface area contributed by atoms with Crippen LogP contribution in [0.1, 0.15) is 13.3 Å². The minimum atomic E-state index is 0.0719. The normalized spacial score (nSPS) is 23.5. The van der Waals surface area contributed by atoms with Gasteiger partial charge >= 0.3 is 0 Å². The van der Waals surface area contributed by atoms with Crippen LogP contribution < -0.4 is 9.80 Å². The molecule has 0 aromatic carbocycles. The molecule has 0 unspecified atom stereocenters. The van der Waals surface area contributed by atoms with Crippen molar-refractivity contribution in [1.82, 2.24) is 4.98 Å². The van der Waals surface area contributed by atoms with Crippen molar-refractivity contribution in [3.05, 3.63) is 17.2 Å². The number of hydrogen-bond acceptors (Lipinski definition) is 4. The Morgan fingerprint density at radius 2 is 1.95 bits per heavy atom. The average Bonchev–Trinajstić information content (AvgIpc) is 2.79. The summed E-state index contributed by atoms with van der Waals surface area (Å²) in [6.45, 7) is 5.67. The number of hydrogen-bond donors (Lipinski definition) is 0. The molecular weight excluding hydrogens is 278 g/mol. The fourth-order valence-electron chi connectivity index (χ4n) is 2.61. The standard InChI is InChI=1S/C14H18ClN3O2/c1-10-2-3-18(14(10)19)13-9-11(15)8-12(16-13)17-4-6-20-7-5-17/h8-10H,2-7H2,1H3/t10-/m1/s1. The van der Waals surface area contributed by atoms with Gasteiger partial charge in [0.15, 0.2) is 0 Å². The molecule has 5 nitrogen and oxygen atoms in total. The van der Waals surface area contributed by atoms with E-state index in [4.69, 9.17) is 16.3 Å². The van der Waals surface area contributed by atoms with Crippen LogP contribution in [-0.4, -0.2) is 43.7 Å². The highest BCUT2D eigenvalue weighted by Crippen LogP contribution is 2.28. The Morgan fingerprint density at radius 1 is 1.25 bits per heavy atom. The largest absolute Gasteiger partial charge is 0.378 e. The van der Waals surface area contributed by atoms with E-state index in [1.54, 1.807) is 11.0 Å². The SMILES string of the molecule is C[C@@H]1CCN(c2cc(Cl)cc(N3CCOCC3)n2)C1=O. The van der Waals surface area contributed by atoms with Gasteiger partial charge in [-0.2, -0.15) is 0 Å². The van der Waals surface area contributed by atoms with E-state index in [2.05, 4.69) is 9.88 Å². The number of ether oxygens (including phenoxy) is 1. The average molecular weight is 296 g/mol. The first-order chi connectivity index (χ1) is 9.65. The zero-order valence-electron chi connectivity index (χ0n) is 11.5. The van der Waals surface area contributed by atoms with Gasteiger partial charge in [0.1, 0.15) is 11.6 Å². The molecule has 0 saturated carbocycles. The van der Waals surface area contributed by atoms with Crippen LogP contribution in [0.2, 0.25) is 5.02 Å². The van der Waals surface area contributed by atoms with Gasteiger partial charge in [0.2, 0.25) is 5.91 Å². The molecule has 0 N–H and O–H groups in total. The Hall–Kier alpha value is -1.33. The summed E-state index contributed by atoms with van der Waals surface area (Å²) in [6.07, 6.45) is 0.875. The van der Waals surface area contributed by atoms with Crippen LogP contribution in [0.25, 0.3) is 0 Å². The number of carbonyl (C=O) groups excluding carboxylic acids is 1. The zero-order valence-corrected chi connectivity index (χ0v) is 12.3. The van der Waals surface area contributed by atoms with Gasteiger partial charge in [0.25, 0.3) is 0 Å². The summed E-state index contributed by atoms with van der Waals surface area (Å²) in [5, 5.41) is 0.615. The molecule has 108 valence electrons. The number of aromatic nitrogens is 1. The van der Waals surface area contributed by atoms with E-state index in [0.29, 0.717) is 24.1 Å². The second-order valence-corrected chi connectivity index (χ2v) is 5.72. The van der Waals surface area contributed by atoms with E-state index >= 15 is 0 Å². The lowest BCUT2D eigenvalue weighted by Gasteiger charge is -2.29. The summed E-state index contributed by atoms with van der Waals surface area (Å²) in [4.78, 5) is 20.6. The Morgan fingerprint density at radius 3 is 2.60 bits per heavy atom. The van der Waals surface area contributed by atoms with Crippen LogP contribution in [0.5, 0.6) is 0 Å². The lowest BCUT2D eigenvalue weighted by molar-refractivity contribution is -0.119.